The minimum atomic E-state index is 0.281. The molecule has 2 nitrogen and oxygen atoms in total. The normalized spacial score (nSPS) is 20.4. The van der Waals surface area contributed by atoms with Crippen molar-refractivity contribution in [1.29, 1.82) is 0 Å². The van der Waals surface area contributed by atoms with Crippen LogP contribution in [-0.4, -0.2) is 16.7 Å². The quantitative estimate of drug-likeness (QED) is 0.218. The van der Waals surface area contributed by atoms with Gasteiger partial charge in [-0.15, -0.1) is 0 Å². The first kappa shape index (κ1) is 23.6. The number of hydrogen-bond acceptors (Lipinski definition) is 1. The molecule has 3 aliphatic rings. The zero-order valence-corrected chi connectivity index (χ0v) is 23.3. The van der Waals surface area contributed by atoms with Gasteiger partial charge in [-0.3, -0.25) is 0 Å². The predicted octanol–water partition coefficient (Wildman–Crippen LogP) is 9.35. The number of fused-ring (bicyclic) bond motifs is 7. The SMILES string of the molecule is C1=CC2C(C(c3ccc4c(c3)c3ccccc3n4-c3ccccc3)=C1)c1ccccc1N2C1C=Cc2ccccc2C1. The predicted molar refractivity (Wildman–Crippen MR) is 176 cm³/mol. The number of nitrogens with zero attached hydrogens (tertiary/aromatic N) is 2. The highest BCUT2D eigenvalue weighted by Gasteiger charge is 2.43. The van der Waals surface area contributed by atoms with E-state index in [1.54, 1.807) is 0 Å². The van der Waals surface area contributed by atoms with Crippen molar-refractivity contribution in [2.45, 2.75) is 24.4 Å². The zero-order chi connectivity index (χ0) is 27.6. The van der Waals surface area contributed by atoms with Gasteiger partial charge < -0.3 is 9.47 Å². The summed E-state index contributed by atoms with van der Waals surface area (Å²) >= 11 is 0. The molecule has 3 unspecified atom stereocenters. The van der Waals surface area contributed by atoms with Crippen LogP contribution in [0.25, 0.3) is 39.1 Å². The molecule has 1 aliphatic heterocycles. The summed E-state index contributed by atoms with van der Waals surface area (Å²) in [6.45, 7) is 0. The van der Waals surface area contributed by atoms with E-state index < -0.39 is 0 Å². The van der Waals surface area contributed by atoms with Gasteiger partial charge >= 0.3 is 0 Å². The summed E-state index contributed by atoms with van der Waals surface area (Å²) in [6.07, 6.45) is 12.8. The molecule has 0 spiro atoms. The third-order valence-electron chi connectivity index (χ3n) is 9.49. The molecule has 1 aromatic heterocycles. The van der Waals surface area contributed by atoms with E-state index in [1.165, 1.54) is 61.0 Å². The number of rotatable bonds is 3. The highest BCUT2D eigenvalue weighted by Crippen LogP contribution is 2.51. The largest absolute Gasteiger partial charge is 0.357 e. The van der Waals surface area contributed by atoms with Crippen molar-refractivity contribution in [3.05, 3.63) is 168 Å². The molecule has 0 saturated carbocycles. The summed E-state index contributed by atoms with van der Waals surface area (Å²) < 4.78 is 2.40. The van der Waals surface area contributed by atoms with E-state index in [4.69, 9.17) is 0 Å². The fourth-order valence-corrected chi connectivity index (χ4v) is 7.69. The van der Waals surface area contributed by atoms with Crippen molar-refractivity contribution in [3.63, 3.8) is 0 Å². The molecule has 2 heterocycles. The third kappa shape index (κ3) is 3.45. The Bertz CT molecular complexity index is 2090. The molecule has 0 fully saturated rings. The van der Waals surface area contributed by atoms with Crippen molar-refractivity contribution in [1.82, 2.24) is 4.57 Å². The summed E-state index contributed by atoms with van der Waals surface area (Å²) in [5, 5.41) is 2.59. The number of hydrogen-bond donors (Lipinski definition) is 0. The first-order valence-corrected chi connectivity index (χ1v) is 15.0. The van der Waals surface area contributed by atoms with E-state index in [1.807, 2.05) is 0 Å². The van der Waals surface area contributed by atoms with Gasteiger partial charge in [0.2, 0.25) is 0 Å². The standard InChI is InChI=1S/C40H30N2/c1-2-13-30(14-3-1)41-36-18-8-6-15-33(36)35-26-29(22-24-38(35)41)32-17-10-20-39-40(32)34-16-7-9-19-37(34)42(39)31-23-21-27-11-4-5-12-28(27)25-31/h1-24,26,31,39-40H,25H2. The molecule has 200 valence electrons. The van der Waals surface area contributed by atoms with Crippen LogP contribution in [-0.2, 0) is 6.42 Å². The van der Waals surface area contributed by atoms with Crippen LogP contribution >= 0.6 is 0 Å². The Kier molecular flexibility index (Phi) is 5.18. The third-order valence-corrected chi connectivity index (χ3v) is 9.49. The maximum Gasteiger partial charge on any atom is 0.0592 e. The number of para-hydroxylation sites is 3. The van der Waals surface area contributed by atoms with Gasteiger partial charge in [-0.2, -0.15) is 0 Å². The van der Waals surface area contributed by atoms with Gasteiger partial charge in [-0.25, -0.2) is 0 Å². The van der Waals surface area contributed by atoms with E-state index in [0.717, 1.165) is 6.42 Å². The molecule has 6 aromatic rings. The van der Waals surface area contributed by atoms with Gasteiger partial charge in [-0.1, -0.05) is 115 Å². The summed E-state index contributed by atoms with van der Waals surface area (Å²) in [5.41, 5.74) is 12.0. The first-order valence-electron chi connectivity index (χ1n) is 15.0. The van der Waals surface area contributed by atoms with Crippen molar-refractivity contribution in [2.24, 2.45) is 0 Å². The number of benzene rings is 5. The Morgan fingerprint density at radius 1 is 0.643 bits per heavy atom. The molecule has 3 atom stereocenters. The van der Waals surface area contributed by atoms with Gasteiger partial charge in [-0.05, 0) is 70.6 Å². The van der Waals surface area contributed by atoms with Crippen LogP contribution in [0.5, 0.6) is 0 Å². The van der Waals surface area contributed by atoms with E-state index in [-0.39, 0.29) is 12.0 Å². The molecular formula is C40H30N2. The van der Waals surface area contributed by atoms with Crippen LogP contribution in [0.3, 0.4) is 0 Å². The highest BCUT2D eigenvalue weighted by atomic mass is 15.2. The Balaban J connectivity index is 1.17. The maximum atomic E-state index is 2.68. The van der Waals surface area contributed by atoms with E-state index in [9.17, 15) is 0 Å². The Hall–Kier alpha value is -5.08. The molecule has 0 N–H and O–H groups in total. The lowest BCUT2D eigenvalue weighted by molar-refractivity contribution is 0.614. The van der Waals surface area contributed by atoms with Crippen LogP contribution in [0.1, 0.15) is 28.2 Å². The maximum absolute atomic E-state index is 2.68. The number of anilines is 1. The lowest BCUT2D eigenvalue weighted by Crippen LogP contribution is -2.43. The molecule has 0 saturated heterocycles. The molecule has 0 radical (unpaired) electrons. The Morgan fingerprint density at radius 3 is 2.38 bits per heavy atom. The second kappa shape index (κ2) is 9.22. The molecule has 5 aromatic carbocycles. The van der Waals surface area contributed by atoms with E-state index >= 15 is 0 Å². The molecular weight excluding hydrogens is 508 g/mol. The van der Waals surface area contributed by atoms with Crippen molar-refractivity contribution < 1.29 is 0 Å². The summed E-state index contributed by atoms with van der Waals surface area (Å²) in [4.78, 5) is 2.68. The van der Waals surface area contributed by atoms with Gasteiger partial charge in [0.05, 0.1) is 23.1 Å². The van der Waals surface area contributed by atoms with Crippen LogP contribution in [0.15, 0.2) is 146 Å². The monoisotopic (exact) mass is 538 g/mol. The second-order valence-electron chi connectivity index (χ2n) is 11.7. The van der Waals surface area contributed by atoms with Crippen molar-refractivity contribution in [2.75, 3.05) is 4.90 Å². The molecule has 2 heteroatoms. The average molecular weight is 539 g/mol. The number of aromatic nitrogens is 1. The van der Waals surface area contributed by atoms with Gasteiger partial charge in [0.15, 0.2) is 0 Å². The summed E-state index contributed by atoms with van der Waals surface area (Å²) in [7, 11) is 0. The van der Waals surface area contributed by atoms with Gasteiger partial charge in [0, 0.05) is 28.1 Å². The van der Waals surface area contributed by atoms with Crippen molar-refractivity contribution >= 4 is 39.1 Å². The van der Waals surface area contributed by atoms with E-state index in [0.29, 0.717) is 6.04 Å². The first-order chi connectivity index (χ1) is 20.8. The van der Waals surface area contributed by atoms with Crippen molar-refractivity contribution in [3.8, 4) is 5.69 Å². The lowest BCUT2D eigenvalue weighted by atomic mass is 9.80. The Labute approximate surface area is 246 Å². The van der Waals surface area contributed by atoms with E-state index in [2.05, 4.69) is 161 Å². The zero-order valence-electron chi connectivity index (χ0n) is 23.3. The summed E-state index contributed by atoms with van der Waals surface area (Å²) in [6, 6.07) is 45.1. The fraction of sp³-hybridized carbons (Fsp3) is 0.100. The molecule has 0 amide bonds. The van der Waals surface area contributed by atoms with Crippen LogP contribution in [0.2, 0.25) is 0 Å². The average Bonchev–Trinajstić information content (AvgIpc) is 3.58. The minimum Gasteiger partial charge on any atom is -0.357 e. The number of allylic oxidation sites excluding steroid dienone is 2. The molecule has 2 aliphatic carbocycles. The fourth-order valence-electron chi connectivity index (χ4n) is 7.69. The Morgan fingerprint density at radius 2 is 1.43 bits per heavy atom. The molecule has 0 bridgehead atoms. The molecule has 42 heavy (non-hydrogen) atoms. The van der Waals surface area contributed by atoms with Gasteiger partial charge in [0.1, 0.15) is 0 Å². The second-order valence-corrected chi connectivity index (χ2v) is 11.7. The van der Waals surface area contributed by atoms with Crippen LogP contribution < -0.4 is 4.90 Å². The smallest absolute Gasteiger partial charge is 0.0592 e. The van der Waals surface area contributed by atoms with Crippen LogP contribution in [0.4, 0.5) is 5.69 Å². The minimum absolute atomic E-state index is 0.281. The highest BCUT2D eigenvalue weighted by molar-refractivity contribution is 6.10. The summed E-state index contributed by atoms with van der Waals surface area (Å²) in [5.74, 6) is 0.289. The molecule has 9 rings (SSSR count). The van der Waals surface area contributed by atoms with Gasteiger partial charge in [0.25, 0.3) is 0 Å². The van der Waals surface area contributed by atoms with Crippen LogP contribution in [0, 0.1) is 0 Å². The lowest BCUT2D eigenvalue weighted by Gasteiger charge is -2.37. The topological polar surface area (TPSA) is 8.17 Å².